The van der Waals surface area contributed by atoms with Crippen LogP contribution in [0.15, 0.2) is 36.4 Å². The smallest absolute Gasteiger partial charge is 0.416 e. The Labute approximate surface area is 156 Å². The Balaban J connectivity index is 1.59. The molecule has 1 aliphatic rings. The fourth-order valence-electron chi connectivity index (χ4n) is 2.42. The van der Waals surface area contributed by atoms with E-state index in [1.807, 2.05) is 0 Å². The number of carbonyl (C=O) groups excluding carboxylic acids is 1. The zero-order valence-electron chi connectivity index (χ0n) is 14.1. The molecule has 0 atom stereocenters. The van der Waals surface area contributed by atoms with Crippen LogP contribution in [0.25, 0.3) is 0 Å². The van der Waals surface area contributed by atoms with Gasteiger partial charge in [0.2, 0.25) is 6.79 Å². The number of halogens is 3. The highest BCUT2D eigenvalue weighted by Crippen LogP contribution is 2.35. The van der Waals surface area contributed by atoms with E-state index in [0.717, 1.165) is 6.07 Å². The maximum absolute atomic E-state index is 12.7. The predicted molar refractivity (Wildman–Crippen MR) is 88.9 cm³/mol. The van der Waals surface area contributed by atoms with Gasteiger partial charge in [0.15, 0.2) is 11.5 Å². The van der Waals surface area contributed by atoms with Gasteiger partial charge in [-0.3, -0.25) is 14.9 Å². The largest absolute Gasteiger partial charge is 0.460 e. The number of rotatable bonds is 6. The summed E-state index contributed by atoms with van der Waals surface area (Å²) in [4.78, 5) is 21.9. The summed E-state index contributed by atoms with van der Waals surface area (Å²) < 4.78 is 53.5. The number of benzene rings is 2. The molecule has 0 bridgehead atoms. The van der Waals surface area contributed by atoms with Gasteiger partial charge in [-0.1, -0.05) is 6.07 Å². The second-order valence-electron chi connectivity index (χ2n) is 5.69. The van der Waals surface area contributed by atoms with E-state index in [1.54, 1.807) is 18.2 Å². The van der Waals surface area contributed by atoms with E-state index < -0.39 is 34.9 Å². The Morgan fingerprint density at radius 2 is 1.93 bits per heavy atom. The van der Waals surface area contributed by atoms with Gasteiger partial charge < -0.3 is 19.5 Å². The van der Waals surface area contributed by atoms with Crippen LogP contribution in [-0.2, 0) is 22.3 Å². The van der Waals surface area contributed by atoms with Crippen LogP contribution in [0.1, 0.15) is 11.1 Å². The highest BCUT2D eigenvalue weighted by atomic mass is 19.4. The molecule has 8 nitrogen and oxygen atoms in total. The van der Waals surface area contributed by atoms with Gasteiger partial charge in [-0.2, -0.15) is 13.2 Å². The number of ether oxygens (including phenoxy) is 3. The number of hydrogen-bond donors (Lipinski definition) is 1. The van der Waals surface area contributed by atoms with Gasteiger partial charge in [0.1, 0.15) is 18.8 Å². The molecule has 3 rings (SSSR count). The lowest BCUT2D eigenvalue weighted by Gasteiger charge is -2.11. The molecular formula is C17H13F3N2O6. The summed E-state index contributed by atoms with van der Waals surface area (Å²) in [5.41, 5.74) is -1.54. The Bertz CT molecular complexity index is 916. The maximum atomic E-state index is 12.7. The summed E-state index contributed by atoms with van der Waals surface area (Å²) in [6, 6.07) is 6.97. The van der Waals surface area contributed by atoms with Crippen molar-refractivity contribution in [1.29, 1.82) is 0 Å². The average Bonchev–Trinajstić information content (AvgIpc) is 3.11. The summed E-state index contributed by atoms with van der Waals surface area (Å²) in [5, 5.41) is 13.4. The lowest BCUT2D eigenvalue weighted by Crippen LogP contribution is -2.17. The first kappa shape index (κ1) is 19.3. The highest BCUT2D eigenvalue weighted by molar-refractivity contribution is 5.77. The molecule has 0 aromatic heterocycles. The van der Waals surface area contributed by atoms with Crippen molar-refractivity contribution in [2.24, 2.45) is 0 Å². The molecule has 2 aromatic carbocycles. The Kier molecular flexibility index (Phi) is 5.25. The minimum atomic E-state index is -4.72. The van der Waals surface area contributed by atoms with Gasteiger partial charge >= 0.3 is 12.1 Å². The average molecular weight is 398 g/mol. The third-order valence-electron chi connectivity index (χ3n) is 3.78. The SMILES string of the molecule is O=C(CNc1ccc(C(F)(F)F)cc1[N+](=O)[O-])OCc1ccc2c(c1)OCO2. The number of anilines is 1. The van der Waals surface area contributed by atoms with Crippen LogP contribution in [0.5, 0.6) is 11.5 Å². The summed E-state index contributed by atoms with van der Waals surface area (Å²) in [7, 11) is 0. The van der Waals surface area contributed by atoms with Crippen molar-refractivity contribution < 1.29 is 37.1 Å². The second-order valence-corrected chi connectivity index (χ2v) is 5.69. The number of nitro benzene ring substituents is 1. The molecule has 0 radical (unpaired) electrons. The van der Waals surface area contributed by atoms with Crippen LogP contribution in [0.3, 0.4) is 0 Å². The van der Waals surface area contributed by atoms with E-state index in [1.165, 1.54) is 0 Å². The van der Waals surface area contributed by atoms with Gasteiger partial charge in [0, 0.05) is 6.07 Å². The van der Waals surface area contributed by atoms with Crippen LogP contribution in [-0.4, -0.2) is 24.2 Å². The summed E-state index contributed by atoms with van der Waals surface area (Å²) in [6.45, 7) is -0.433. The first-order chi connectivity index (χ1) is 13.2. The molecular weight excluding hydrogens is 385 g/mol. The minimum absolute atomic E-state index is 0.0771. The van der Waals surface area contributed by atoms with E-state index in [9.17, 15) is 28.1 Å². The zero-order valence-corrected chi connectivity index (χ0v) is 14.1. The quantitative estimate of drug-likeness (QED) is 0.452. The normalized spacial score (nSPS) is 12.5. The molecule has 2 aromatic rings. The Morgan fingerprint density at radius 3 is 2.64 bits per heavy atom. The second kappa shape index (κ2) is 7.62. The third kappa shape index (κ3) is 4.42. The molecule has 0 saturated heterocycles. The summed E-state index contributed by atoms with van der Waals surface area (Å²) in [6.07, 6.45) is -4.72. The lowest BCUT2D eigenvalue weighted by atomic mass is 10.1. The number of nitro groups is 1. The van der Waals surface area contributed by atoms with Gasteiger partial charge in [-0.15, -0.1) is 0 Å². The monoisotopic (exact) mass is 398 g/mol. The molecule has 0 aliphatic carbocycles. The zero-order chi connectivity index (χ0) is 20.3. The number of alkyl halides is 3. The number of carbonyl (C=O) groups is 1. The van der Waals surface area contributed by atoms with Crippen molar-refractivity contribution in [3.8, 4) is 11.5 Å². The minimum Gasteiger partial charge on any atom is -0.460 e. The van der Waals surface area contributed by atoms with Crippen molar-refractivity contribution in [2.45, 2.75) is 12.8 Å². The number of hydrogen-bond acceptors (Lipinski definition) is 7. The maximum Gasteiger partial charge on any atom is 0.416 e. The summed E-state index contributed by atoms with van der Waals surface area (Å²) in [5.74, 6) is 0.352. The number of fused-ring (bicyclic) bond motifs is 1. The van der Waals surface area contributed by atoms with Crippen molar-refractivity contribution in [1.82, 2.24) is 0 Å². The number of nitrogens with one attached hydrogen (secondary N) is 1. The highest BCUT2D eigenvalue weighted by Gasteiger charge is 2.33. The third-order valence-corrected chi connectivity index (χ3v) is 3.78. The van der Waals surface area contributed by atoms with Gasteiger partial charge in [0.05, 0.1) is 10.5 Å². The van der Waals surface area contributed by atoms with Gasteiger partial charge in [-0.25, -0.2) is 0 Å². The molecule has 0 spiro atoms. The van der Waals surface area contributed by atoms with E-state index in [2.05, 4.69) is 5.32 Å². The molecule has 0 saturated carbocycles. The van der Waals surface area contributed by atoms with Crippen LogP contribution in [0, 0.1) is 10.1 Å². The van der Waals surface area contributed by atoms with E-state index in [4.69, 9.17) is 14.2 Å². The van der Waals surface area contributed by atoms with E-state index in [0.29, 0.717) is 29.2 Å². The van der Waals surface area contributed by atoms with Crippen molar-refractivity contribution in [3.05, 3.63) is 57.6 Å². The molecule has 0 unspecified atom stereocenters. The van der Waals surface area contributed by atoms with Crippen LogP contribution < -0.4 is 14.8 Å². The number of nitrogens with zero attached hydrogens (tertiary/aromatic N) is 1. The topological polar surface area (TPSA) is 99.9 Å². The van der Waals surface area contributed by atoms with Gasteiger partial charge in [0.25, 0.3) is 5.69 Å². The fraction of sp³-hybridized carbons (Fsp3) is 0.235. The van der Waals surface area contributed by atoms with Crippen LogP contribution in [0.2, 0.25) is 0 Å². The van der Waals surface area contributed by atoms with Crippen molar-refractivity contribution >= 4 is 17.3 Å². The summed E-state index contributed by atoms with van der Waals surface area (Å²) >= 11 is 0. The van der Waals surface area contributed by atoms with Crippen LogP contribution >= 0.6 is 0 Å². The van der Waals surface area contributed by atoms with Crippen LogP contribution in [0.4, 0.5) is 24.5 Å². The first-order valence-electron chi connectivity index (χ1n) is 7.87. The number of esters is 1. The van der Waals surface area contributed by atoms with Crippen molar-refractivity contribution in [2.75, 3.05) is 18.7 Å². The predicted octanol–water partition coefficient (Wildman–Crippen LogP) is 3.50. The van der Waals surface area contributed by atoms with Crippen molar-refractivity contribution in [3.63, 3.8) is 0 Å². The molecule has 1 N–H and O–H groups in total. The van der Waals surface area contributed by atoms with E-state index >= 15 is 0 Å². The first-order valence-corrected chi connectivity index (χ1v) is 7.87. The van der Waals surface area contributed by atoms with Gasteiger partial charge in [-0.05, 0) is 29.8 Å². The molecule has 148 valence electrons. The molecule has 1 aliphatic heterocycles. The molecule has 0 fully saturated rings. The molecule has 28 heavy (non-hydrogen) atoms. The Hall–Kier alpha value is -3.50. The van der Waals surface area contributed by atoms with E-state index in [-0.39, 0.29) is 19.1 Å². The molecule has 0 amide bonds. The lowest BCUT2D eigenvalue weighted by molar-refractivity contribution is -0.384. The molecule has 1 heterocycles. The standard InChI is InChI=1S/C17H13F3N2O6/c18-17(19,20)11-2-3-12(13(6-11)22(24)25)21-7-16(23)26-8-10-1-4-14-15(5-10)28-9-27-14/h1-6,21H,7-9H2. The Morgan fingerprint density at radius 1 is 1.18 bits per heavy atom. The molecule has 11 heteroatoms. The fourth-order valence-corrected chi connectivity index (χ4v) is 2.42.